The molecule has 0 heterocycles. The maximum atomic E-state index is 2.40. The van der Waals surface area contributed by atoms with Crippen molar-refractivity contribution in [3.05, 3.63) is 0 Å². The van der Waals surface area contributed by atoms with Crippen LogP contribution in [0.25, 0.3) is 0 Å². The SMILES string of the molecule is CCCCC1CCCCCCCC1CC. The molecule has 0 N–H and O–H groups in total. The molecule has 0 aromatic rings. The van der Waals surface area contributed by atoms with E-state index in [0.29, 0.717) is 0 Å². The molecule has 15 heavy (non-hydrogen) atoms. The Labute approximate surface area is 96.8 Å². The van der Waals surface area contributed by atoms with Crippen LogP contribution in [0.3, 0.4) is 0 Å². The van der Waals surface area contributed by atoms with E-state index >= 15 is 0 Å². The summed E-state index contributed by atoms with van der Waals surface area (Å²) >= 11 is 0. The molecule has 1 rings (SSSR count). The molecule has 0 amide bonds. The molecule has 90 valence electrons. The summed E-state index contributed by atoms with van der Waals surface area (Å²) in [7, 11) is 0. The third-order valence-corrected chi connectivity index (χ3v) is 4.27. The molecule has 0 aromatic heterocycles. The maximum absolute atomic E-state index is 2.40. The summed E-state index contributed by atoms with van der Waals surface area (Å²) in [5, 5.41) is 0. The highest BCUT2D eigenvalue weighted by Gasteiger charge is 2.19. The summed E-state index contributed by atoms with van der Waals surface area (Å²) in [6.45, 7) is 4.73. The van der Waals surface area contributed by atoms with Crippen LogP contribution >= 0.6 is 0 Å². The summed E-state index contributed by atoms with van der Waals surface area (Å²) in [6.07, 6.45) is 16.3. The second kappa shape index (κ2) is 8.19. The van der Waals surface area contributed by atoms with Crippen molar-refractivity contribution in [2.24, 2.45) is 11.8 Å². The summed E-state index contributed by atoms with van der Waals surface area (Å²) < 4.78 is 0. The van der Waals surface area contributed by atoms with Crippen LogP contribution < -0.4 is 0 Å². The van der Waals surface area contributed by atoms with Crippen LogP contribution in [-0.4, -0.2) is 0 Å². The van der Waals surface area contributed by atoms with Crippen LogP contribution in [0.1, 0.15) is 84.5 Å². The first kappa shape index (κ1) is 13.1. The van der Waals surface area contributed by atoms with Gasteiger partial charge in [0.1, 0.15) is 0 Å². The van der Waals surface area contributed by atoms with E-state index in [1.807, 2.05) is 0 Å². The van der Waals surface area contributed by atoms with Gasteiger partial charge in [-0.25, -0.2) is 0 Å². The van der Waals surface area contributed by atoms with Gasteiger partial charge in [-0.1, -0.05) is 84.5 Å². The third kappa shape index (κ3) is 5.04. The number of hydrogen-bond acceptors (Lipinski definition) is 0. The van der Waals surface area contributed by atoms with Crippen LogP contribution in [0.15, 0.2) is 0 Å². The van der Waals surface area contributed by atoms with Crippen LogP contribution in [0.5, 0.6) is 0 Å². The van der Waals surface area contributed by atoms with Crippen LogP contribution in [0.4, 0.5) is 0 Å². The minimum atomic E-state index is 1.05. The molecule has 1 aliphatic carbocycles. The maximum Gasteiger partial charge on any atom is -0.0386 e. The van der Waals surface area contributed by atoms with Crippen molar-refractivity contribution in [1.29, 1.82) is 0 Å². The predicted octanol–water partition coefficient (Wildman–Crippen LogP) is 5.56. The largest absolute Gasteiger partial charge is 0.0654 e. The Bertz CT molecular complexity index is 139. The standard InChI is InChI=1S/C15H30/c1-3-5-11-15-13-10-8-6-7-9-12-14(15)4-2/h14-15H,3-13H2,1-2H3. The van der Waals surface area contributed by atoms with E-state index < -0.39 is 0 Å². The van der Waals surface area contributed by atoms with Crippen LogP contribution in [-0.2, 0) is 0 Å². The minimum absolute atomic E-state index is 1.05. The lowest BCUT2D eigenvalue weighted by atomic mass is 9.80. The van der Waals surface area contributed by atoms with E-state index in [0.717, 1.165) is 11.8 Å². The average Bonchev–Trinajstić information content (AvgIpc) is 2.37. The molecule has 1 fully saturated rings. The van der Waals surface area contributed by atoms with Gasteiger partial charge in [-0.05, 0) is 11.8 Å². The molecule has 0 heteroatoms. The summed E-state index contributed by atoms with van der Waals surface area (Å²) in [4.78, 5) is 0. The van der Waals surface area contributed by atoms with Crippen molar-refractivity contribution in [2.75, 3.05) is 0 Å². The summed E-state index contributed by atoms with van der Waals surface area (Å²) in [6, 6.07) is 0. The Hall–Kier alpha value is 0. The average molecular weight is 210 g/mol. The molecule has 0 spiro atoms. The molecule has 0 saturated heterocycles. The van der Waals surface area contributed by atoms with Gasteiger partial charge in [0.25, 0.3) is 0 Å². The molecule has 0 bridgehead atoms. The van der Waals surface area contributed by atoms with E-state index in [2.05, 4.69) is 13.8 Å². The van der Waals surface area contributed by atoms with Gasteiger partial charge in [-0.2, -0.15) is 0 Å². The van der Waals surface area contributed by atoms with Crippen molar-refractivity contribution in [3.63, 3.8) is 0 Å². The molecule has 0 nitrogen and oxygen atoms in total. The van der Waals surface area contributed by atoms with E-state index in [1.54, 1.807) is 0 Å². The van der Waals surface area contributed by atoms with E-state index in [-0.39, 0.29) is 0 Å². The quantitative estimate of drug-likeness (QED) is 0.569. The van der Waals surface area contributed by atoms with Crippen LogP contribution in [0.2, 0.25) is 0 Å². The Morgan fingerprint density at radius 3 is 2.00 bits per heavy atom. The Kier molecular flexibility index (Phi) is 7.13. The normalized spacial score (nSPS) is 29.2. The molecule has 0 radical (unpaired) electrons. The zero-order chi connectivity index (χ0) is 10.9. The van der Waals surface area contributed by atoms with E-state index in [9.17, 15) is 0 Å². The molecule has 0 aromatic carbocycles. The molecular weight excluding hydrogens is 180 g/mol. The van der Waals surface area contributed by atoms with Gasteiger partial charge in [0.05, 0.1) is 0 Å². The molecule has 1 aliphatic rings. The van der Waals surface area contributed by atoms with Crippen molar-refractivity contribution in [2.45, 2.75) is 84.5 Å². The van der Waals surface area contributed by atoms with Gasteiger partial charge < -0.3 is 0 Å². The fourth-order valence-electron chi connectivity index (χ4n) is 3.20. The first-order valence-electron chi connectivity index (χ1n) is 7.38. The lowest BCUT2D eigenvalue weighted by molar-refractivity contribution is 0.260. The van der Waals surface area contributed by atoms with Crippen molar-refractivity contribution < 1.29 is 0 Å². The zero-order valence-corrected chi connectivity index (χ0v) is 10.9. The summed E-state index contributed by atoms with van der Waals surface area (Å²) in [5.41, 5.74) is 0. The number of hydrogen-bond donors (Lipinski definition) is 0. The van der Waals surface area contributed by atoms with Crippen molar-refractivity contribution >= 4 is 0 Å². The predicted molar refractivity (Wildman–Crippen MR) is 69.1 cm³/mol. The lowest BCUT2D eigenvalue weighted by Gasteiger charge is -2.25. The molecule has 1 saturated carbocycles. The fraction of sp³-hybridized carbons (Fsp3) is 1.00. The van der Waals surface area contributed by atoms with Crippen molar-refractivity contribution in [1.82, 2.24) is 0 Å². The highest BCUT2D eigenvalue weighted by Crippen LogP contribution is 2.32. The molecule has 2 unspecified atom stereocenters. The summed E-state index contributed by atoms with van der Waals surface area (Å²) in [5.74, 6) is 2.11. The molecular formula is C15H30. The first-order valence-corrected chi connectivity index (χ1v) is 7.38. The Balaban J connectivity index is 2.41. The van der Waals surface area contributed by atoms with Gasteiger partial charge >= 0.3 is 0 Å². The van der Waals surface area contributed by atoms with Crippen molar-refractivity contribution in [3.8, 4) is 0 Å². The number of unbranched alkanes of at least 4 members (excludes halogenated alkanes) is 1. The van der Waals surface area contributed by atoms with Gasteiger partial charge in [0.15, 0.2) is 0 Å². The molecule has 2 atom stereocenters. The third-order valence-electron chi connectivity index (χ3n) is 4.27. The number of rotatable bonds is 4. The Morgan fingerprint density at radius 2 is 1.40 bits per heavy atom. The highest BCUT2D eigenvalue weighted by atomic mass is 14.2. The smallest absolute Gasteiger partial charge is 0.0386 e. The van der Waals surface area contributed by atoms with Gasteiger partial charge in [0, 0.05) is 0 Å². The highest BCUT2D eigenvalue weighted by molar-refractivity contribution is 4.71. The minimum Gasteiger partial charge on any atom is -0.0654 e. The van der Waals surface area contributed by atoms with Gasteiger partial charge in [-0.3, -0.25) is 0 Å². The topological polar surface area (TPSA) is 0 Å². The second-order valence-electron chi connectivity index (χ2n) is 5.42. The zero-order valence-electron chi connectivity index (χ0n) is 10.9. The van der Waals surface area contributed by atoms with E-state index in [1.165, 1.54) is 70.6 Å². The van der Waals surface area contributed by atoms with Gasteiger partial charge in [-0.15, -0.1) is 0 Å². The van der Waals surface area contributed by atoms with Crippen LogP contribution in [0, 0.1) is 11.8 Å². The monoisotopic (exact) mass is 210 g/mol. The second-order valence-corrected chi connectivity index (χ2v) is 5.42. The lowest BCUT2D eigenvalue weighted by Crippen LogP contribution is -2.14. The Morgan fingerprint density at radius 1 is 0.800 bits per heavy atom. The first-order chi connectivity index (χ1) is 7.38. The van der Waals surface area contributed by atoms with Gasteiger partial charge in [0.2, 0.25) is 0 Å². The van der Waals surface area contributed by atoms with E-state index in [4.69, 9.17) is 0 Å². The fourth-order valence-corrected chi connectivity index (χ4v) is 3.20. The molecule has 0 aliphatic heterocycles.